The van der Waals surface area contributed by atoms with Crippen LogP contribution >= 0.6 is 15.9 Å². The van der Waals surface area contributed by atoms with Crippen LogP contribution in [0.15, 0.2) is 22.7 Å². The zero-order valence-electron chi connectivity index (χ0n) is 13.6. The third-order valence-electron chi connectivity index (χ3n) is 3.98. The third kappa shape index (κ3) is 2.34. The standard InChI is InChI=1S/C16H16BrN7/c1-4-24-13(5-8(2)23-24)16-18-15(21-22-16)12-7-10(17)6-11-9(3)19-20-14(11)12/h5-7H,4H2,1-3H3,(H,19,20)(H,18,21,22). The van der Waals surface area contributed by atoms with Gasteiger partial charge in [-0.2, -0.15) is 15.3 Å². The van der Waals surface area contributed by atoms with Gasteiger partial charge in [-0.1, -0.05) is 15.9 Å². The molecule has 2 N–H and O–H groups in total. The average Bonchev–Trinajstić information content (AvgIpc) is 3.26. The number of hydrogen-bond acceptors (Lipinski definition) is 4. The van der Waals surface area contributed by atoms with Crippen LogP contribution in [0.2, 0.25) is 0 Å². The van der Waals surface area contributed by atoms with E-state index < -0.39 is 0 Å². The van der Waals surface area contributed by atoms with Crippen LogP contribution in [0.5, 0.6) is 0 Å². The molecule has 0 saturated carbocycles. The molecule has 3 heterocycles. The summed E-state index contributed by atoms with van der Waals surface area (Å²) in [5.41, 5.74) is 4.64. The highest BCUT2D eigenvalue weighted by Crippen LogP contribution is 2.31. The van der Waals surface area contributed by atoms with Crippen molar-refractivity contribution in [2.24, 2.45) is 0 Å². The van der Waals surface area contributed by atoms with Crippen molar-refractivity contribution in [2.75, 3.05) is 0 Å². The number of hydrogen-bond donors (Lipinski definition) is 2. The molecule has 0 unspecified atom stereocenters. The highest BCUT2D eigenvalue weighted by atomic mass is 79.9. The Kier molecular flexibility index (Phi) is 3.49. The lowest BCUT2D eigenvalue weighted by Gasteiger charge is -2.00. The van der Waals surface area contributed by atoms with E-state index in [1.54, 1.807) is 0 Å². The van der Waals surface area contributed by atoms with Gasteiger partial charge in [0.15, 0.2) is 11.6 Å². The molecule has 0 aliphatic heterocycles. The van der Waals surface area contributed by atoms with Crippen LogP contribution in [0.3, 0.4) is 0 Å². The zero-order chi connectivity index (χ0) is 16.8. The van der Waals surface area contributed by atoms with Crippen molar-refractivity contribution in [1.29, 1.82) is 0 Å². The third-order valence-corrected chi connectivity index (χ3v) is 4.44. The molecule has 1 aromatic carbocycles. The van der Waals surface area contributed by atoms with Gasteiger partial charge in [0.05, 0.1) is 11.3 Å². The molecule has 0 fully saturated rings. The van der Waals surface area contributed by atoms with Gasteiger partial charge >= 0.3 is 0 Å². The van der Waals surface area contributed by atoms with Crippen LogP contribution in [0.4, 0.5) is 0 Å². The maximum Gasteiger partial charge on any atom is 0.183 e. The van der Waals surface area contributed by atoms with Crippen LogP contribution in [0.1, 0.15) is 18.3 Å². The van der Waals surface area contributed by atoms with E-state index in [0.717, 1.165) is 44.6 Å². The van der Waals surface area contributed by atoms with E-state index in [4.69, 9.17) is 0 Å². The molecule has 0 bridgehead atoms. The van der Waals surface area contributed by atoms with E-state index in [9.17, 15) is 0 Å². The minimum atomic E-state index is 0.615. The normalized spacial score (nSPS) is 11.5. The number of rotatable bonds is 3. The van der Waals surface area contributed by atoms with Gasteiger partial charge < -0.3 is 0 Å². The van der Waals surface area contributed by atoms with Gasteiger partial charge in [-0.15, -0.1) is 0 Å². The van der Waals surface area contributed by atoms with Gasteiger partial charge in [-0.05, 0) is 39.0 Å². The van der Waals surface area contributed by atoms with Crippen molar-refractivity contribution in [1.82, 2.24) is 35.2 Å². The lowest BCUT2D eigenvalue weighted by atomic mass is 10.1. The minimum Gasteiger partial charge on any atom is -0.282 e. The molecular formula is C16H16BrN7. The summed E-state index contributed by atoms with van der Waals surface area (Å²) < 4.78 is 2.88. The molecule has 7 nitrogen and oxygen atoms in total. The molecule has 0 aliphatic carbocycles. The summed E-state index contributed by atoms with van der Waals surface area (Å²) >= 11 is 3.56. The molecule has 0 radical (unpaired) electrons. The fraction of sp³-hybridized carbons (Fsp3) is 0.250. The Hall–Kier alpha value is -2.48. The first-order chi connectivity index (χ1) is 11.6. The fourth-order valence-corrected chi connectivity index (χ4v) is 3.31. The van der Waals surface area contributed by atoms with Gasteiger partial charge in [-0.25, -0.2) is 4.98 Å². The summed E-state index contributed by atoms with van der Waals surface area (Å²) in [5, 5.41) is 20.4. The van der Waals surface area contributed by atoms with Crippen LogP contribution in [-0.2, 0) is 6.54 Å². The number of halogens is 1. The predicted octanol–water partition coefficient (Wildman–Crippen LogP) is 3.61. The molecule has 3 aromatic heterocycles. The van der Waals surface area contributed by atoms with E-state index in [1.807, 2.05) is 36.7 Å². The summed E-state index contributed by atoms with van der Waals surface area (Å²) in [6.45, 7) is 6.80. The monoisotopic (exact) mass is 385 g/mol. The predicted molar refractivity (Wildman–Crippen MR) is 95.5 cm³/mol. The molecule has 24 heavy (non-hydrogen) atoms. The Balaban J connectivity index is 1.86. The van der Waals surface area contributed by atoms with E-state index in [2.05, 4.69) is 53.3 Å². The second-order valence-electron chi connectivity index (χ2n) is 5.69. The molecule has 0 amide bonds. The smallest absolute Gasteiger partial charge is 0.183 e. The number of aryl methyl sites for hydroxylation is 3. The molecular weight excluding hydrogens is 370 g/mol. The fourth-order valence-electron chi connectivity index (χ4n) is 2.85. The van der Waals surface area contributed by atoms with Gasteiger partial charge in [0.25, 0.3) is 0 Å². The number of nitrogens with zero attached hydrogens (tertiary/aromatic N) is 5. The Labute approximate surface area is 146 Å². The summed E-state index contributed by atoms with van der Waals surface area (Å²) in [6, 6.07) is 6.03. The molecule has 0 spiro atoms. The maximum atomic E-state index is 4.67. The van der Waals surface area contributed by atoms with E-state index in [0.29, 0.717) is 11.6 Å². The first-order valence-corrected chi connectivity index (χ1v) is 8.48. The molecule has 0 aliphatic rings. The second kappa shape index (κ2) is 5.55. The van der Waals surface area contributed by atoms with Gasteiger partial charge in [-0.3, -0.25) is 14.9 Å². The number of aromatic amines is 2. The second-order valence-corrected chi connectivity index (χ2v) is 6.61. The van der Waals surface area contributed by atoms with Gasteiger partial charge in [0.2, 0.25) is 0 Å². The van der Waals surface area contributed by atoms with Crippen molar-refractivity contribution >= 4 is 26.8 Å². The Morgan fingerprint density at radius 1 is 1.12 bits per heavy atom. The number of nitrogens with one attached hydrogen (secondary N) is 2. The van der Waals surface area contributed by atoms with Crippen LogP contribution in [-0.4, -0.2) is 35.2 Å². The molecule has 0 atom stereocenters. The molecule has 8 heteroatoms. The minimum absolute atomic E-state index is 0.615. The summed E-state index contributed by atoms with van der Waals surface area (Å²) in [4.78, 5) is 4.67. The first-order valence-electron chi connectivity index (χ1n) is 7.68. The Bertz CT molecular complexity index is 1040. The number of fused-ring (bicyclic) bond motifs is 1. The molecule has 4 rings (SSSR count). The quantitative estimate of drug-likeness (QED) is 0.563. The number of benzene rings is 1. The Morgan fingerprint density at radius 3 is 2.75 bits per heavy atom. The molecule has 4 aromatic rings. The van der Waals surface area contributed by atoms with Crippen LogP contribution < -0.4 is 0 Å². The largest absolute Gasteiger partial charge is 0.282 e. The van der Waals surface area contributed by atoms with Crippen molar-refractivity contribution in [3.63, 3.8) is 0 Å². The van der Waals surface area contributed by atoms with Crippen LogP contribution in [0, 0.1) is 13.8 Å². The highest BCUT2D eigenvalue weighted by molar-refractivity contribution is 9.10. The van der Waals surface area contributed by atoms with E-state index >= 15 is 0 Å². The highest BCUT2D eigenvalue weighted by Gasteiger charge is 2.17. The number of aromatic nitrogens is 7. The molecule has 122 valence electrons. The van der Waals surface area contributed by atoms with Crippen molar-refractivity contribution in [3.05, 3.63) is 34.1 Å². The topological polar surface area (TPSA) is 88.1 Å². The summed E-state index contributed by atoms with van der Waals surface area (Å²) in [5.74, 6) is 1.32. The lowest BCUT2D eigenvalue weighted by molar-refractivity contribution is 0.657. The molecule has 0 saturated heterocycles. The maximum absolute atomic E-state index is 4.67. The zero-order valence-corrected chi connectivity index (χ0v) is 15.1. The van der Waals surface area contributed by atoms with Crippen molar-refractivity contribution in [3.8, 4) is 22.9 Å². The summed E-state index contributed by atoms with van der Waals surface area (Å²) in [7, 11) is 0. The average molecular weight is 386 g/mol. The summed E-state index contributed by atoms with van der Waals surface area (Å²) in [6.07, 6.45) is 0. The van der Waals surface area contributed by atoms with Gasteiger partial charge in [0.1, 0.15) is 11.2 Å². The van der Waals surface area contributed by atoms with Crippen molar-refractivity contribution < 1.29 is 0 Å². The number of H-pyrrole nitrogens is 2. The van der Waals surface area contributed by atoms with E-state index in [-0.39, 0.29) is 0 Å². The van der Waals surface area contributed by atoms with E-state index in [1.165, 1.54) is 0 Å². The van der Waals surface area contributed by atoms with Gasteiger partial charge in [0, 0.05) is 22.1 Å². The SMILES string of the molecule is CCn1nc(C)cc1-c1nc(-c2cc(Br)cc3c(C)[nH]nc23)n[nH]1. The lowest BCUT2D eigenvalue weighted by Crippen LogP contribution is -2.00. The van der Waals surface area contributed by atoms with Crippen molar-refractivity contribution in [2.45, 2.75) is 27.3 Å². The first kappa shape index (κ1) is 15.1. The Morgan fingerprint density at radius 2 is 1.96 bits per heavy atom. The van der Waals surface area contributed by atoms with Crippen LogP contribution in [0.25, 0.3) is 33.8 Å².